The Morgan fingerprint density at radius 1 is 1.21 bits per heavy atom. The van der Waals surface area contributed by atoms with Gasteiger partial charge in [-0.1, -0.05) is 0 Å². The first-order valence-corrected chi connectivity index (χ1v) is 13.9. The molecular weight excluding hydrogens is 518 g/mol. The minimum atomic E-state index is -0.560. The van der Waals surface area contributed by atoms with Crippen LogP contribution in [0.3, 0.4) is 0 Å². The molecule has 1 aromatic carbocycles. The maximum atomic E-state index is 12.8. The van der Waals surface area contributed by atoms with E-state index in [9.17, 15) is 10.1 Å². The second-order valence-corrected chi connectivity index (χ2v) is 11.6. The van der Waals surface area contributed by atoms with Crippen molar-refractivity contribution in [1.29, 1.82) is 5.26 Å². The van der Waals surface area contributed by atoms with Crippen molar-refractivity contribution in [3.05, 3.63) is 23.8 Å². The molecule has 0 bridgehead atoms. The number of nitriles is 1. The summed E-state index contributed by atoms with van der Waals surface area (Å²) in [6.07, 6.45) is 1.38. The summed E-state index contributed by atoms with van der Waals surface area (Å²) in [6, 6.07) is 7.58. The number of likely N-dealkylation sites (tertiary alicyclic amines) is 1. The Morgan fingerprint density at radius 3 is 2.72 bits per heavy atom. The number of carbonyl (C=O) groups is 1. The van der Waals surface area contributed by atoms with Crippen molar-refractivity contribution >= 4 is 39.4 Å². The first-order chi connectivity index (χ1) is 18.7. The first-order valence-electron chi connectivity index (χ1n) is 13.1. The van der Waals surface area contributed by atoms with Crippen molar-refractivity contribution in [2.24, 2.45) is 0 Å². The number of nitrogens with zero attached hydrogens (tertiary/aromatic N) is 6. The monoisotopic (exact) mass is 551 g/mol. The number of hydrogen-bond donors (Lipinski definition) is 1. The minimum absolute atomic E-state index is 0.0540. The van der Waals surface area contributed by atoms with Gasteiger partial charge in [0.05, 0.1) is 42.2 Å². The third-order valence-electron chi connectivity index (χ3n) is 6.50. The van der Waals surface area contributed by atoms with E-state index in [4.69, 9.17) is 29.2 Å². The number of aromatic nitrogens is 3. The zero-order chi connectivity index (χ0) is 27.6. The molecule has 1 atom stereocenters. The summed E-state index contributed by atoms with van der Waals surface area (Å²) >= 11 is 1.49. The van der Waals surface area contributed by atoms with E-state index >= 15 is 0 Å². The van der Waals surface area contributed by atoms with Gasteiger partial charge in [-0.05, 0) is 51.8 Å². The Morgan fingerprint density at radius 2 is 2.00 bits per heavy atom. The van der Waals surface area contributed by atoms with E-state index in [2.05, 4.69) is 16.3 Å². The summed E-state index contributed by atoms with van der Waals surface area (Å²) in [5.74, 6) is 1.56. The number of rotatable bonds is 5. The fraction of sp³-hybridized carbons (Fsp3) is 0.519. The summed E-state index contributed by atoms with van der Waals surface area (Å²) in [7, 11) is 1.59. The Balaban J connectivity index is 1.52. The fourth-order valence-electron chi connectivity index (χ4n) is 4.66. The van der Waals surface area contributed by atoms with Crippen LogP contribution < -0.4 is 15.0 Å². The van der Waals surface area contributed by atoms with Gasteiger partial charge in [0.1, 0.15) is 22.0 Å². The average Bonchev–Trinajstić information content (AvgIpc) is 3.35. The molecule has 0 radical (unpaired) electrons. The number of methoxy groups -OCH3 is 1. The summed E-state index contributed by atoms with van der Waals surface area (Å²) in [5, 5.41) is 13.6. The lowest BCUT2D eigenvalue weighted by molar-refractivity contribution is 0.0206. The molecule has 2 saturated heterocycles. The molecular formula is C27H33N7O4S. The van der Waals surface area contributed by atoms with Gasteiger partial charge in [0.25, 0.3) is 0 Å². The van der Waals surface area contributed by atoms with Crippen molar-refractivity contribution in [2.75, 3.05) is 56.7 Å². The van der Waals surface area contributed by atoms with Gasteiger partial charge in [-0.15, -0.1) is 11.3 Å². The maximum absolute atomic E-state index is 12.8. The van der Waals surface area contributed by atoms with Gasteiger partial charge in [-0.3, -0.25) is 0 Å². The first kappa shape index (κ1) is 26.9. The lowest BCUT2D eigenvalue weighted by Crippen LogP contribution is -2.47. The van der Waals surface area contributed by atoms with Gasteiger partial charge in [0.15, 0.2) is 0 Å². The van der Waals surface area contributed by atoms with Crippen molar-refractivity contribution in [2.45, 2.75) is 45.3 Å². The van der Waals surface area contributed by atoms with Crippen molar-refractivity contribution in [3.63, 3.8) is 0 Å². The molecule has 2 aliphatic heterocycles. The Hall–Kier alpha value is -3.69. The smallest absolute Gasteiger partial charge is 0.410 e. The highest BCUT2D eigenvalue weighted by atomic mass is 32.1. The second-order valence-electron chi connectivity index (χ2n) is 10.6. The largest absolute Gasteiger partial charge is 0.480 e. The lowest BCUT2D eigenvalue weighted by Gasteiger charge is -2.35. The number of piperidine rings is 1. The Labute approximate surface area is 231 Å². The molecule has 5 rings (SSSR count). The molecule has 1 amide bonds. The number of anilines is 2. The van der Waals surface area contributed by atoms with Gasteiger partial charge in [-0.25, -0.2) is 9.78 Å². The number of ether oxygens (including phenoxy) is 3. The number of amides is 1. The van der Waals surface area contributed by atoms with E-state index in [1.807, 2.05) is 26.8 Å². The van der Waals surface area contributed by atoms with E-state index in [0.717, 1.165) is 23.1 Å². The number of hydrogen-bond acceptors (Lipinski definition) is 11. The Bertz CT molecular complexity index is 1390. The molecule has 11 nitrogen and oxygen atoms in total. The molecule has 0 saturated carbocycles. The van der Waals surface area contributed by atoms with E-state index in [1.54, 1.807) is 24.1 Å². The number of carbonyl (C=O) groups excluding carboxylic acids is 1. The van der Waals surface area contributed by atoms with Crippen LogP contribution in [0.2, 0.25) is 0 Å². The van der Waals surface area contributed by atoms with Crippen LogP contribution in [-0.2, 0) is 9.47 Å². The number of nitrogens with one attached hydrogen (secondary N) is 1. The molecule has 0 spiro atoms. The molecule has 12 heteroatoms. The molecule has 4 heterocycles. The van der Waals surface area contributed by atoms with Crippen LogP contribution in [0.25, 0.3) is 20.8 Å². The fourth-order valence-corrected chi connectivity index (χ4v) is 5.65. The lowest BCUT2D eigenvalue weighted by atomic mass is 10.1. The van der Waals surface area contributed by atoms with Crippen molar-refractivity contribution < 1.29 is 19.0 Å². The van der Waals surface area contributed by atoms with Gasteiger partial charge in [0, 0.05) is 32.2 Å². The predicted molar refractivity (Wildman–Crippen MR) is 149 cm³/mol. The molecule has 0 aliphatic carbocycles. The van der Waals surface area contributed by atoms with E-state index in [1.165, 1.54) is 11.3 Å². The average molecular weight is 552 g/mol. The highest BCUT2D eigenvalue weighted by Crippen LogP contribution is 2.41. The third kappa shape index (κ3) is 6.15. The van der Waals surface area contributed by atoms with Crippen LogP contribution in [0.5, 0.6) is 5.88 Å². The van der Waals surface area contributed by atoms with Crippen LogP contribution in [0.4, 0.5) is 16.6 Å². The number of thiazole rings is 1. The van der Waals surface area contributed by atoms with E-state index in [0.29, 0.717) is 73.2 Å². The molecule has 3 aromatic rings. The molecule has 0 unspecified atom stereocenters. The van der Waals surface area contributed by atoms with Crippen LogP contribution in [0.15, 0.2) is 18.2 Å². The number of benzene rings is 1. The number of morpholine rings is 1. The van der Waals surface area contributed by atoms with Gasteiger partial charge < -0.3 is 29.3 Å². The molecule has 2 aliphatic rings. The van der Waals surface area contributed by atoms with Gasteiger partial charge >= 0.3 is 6.09 Å². The summed E-state index contributed by atoms with van der Waals surface area (Å²) in [6.45, 7) is 9.29. The van der Waals surface area contributed by atoms with Crippen LogP contribution in [0, 0.1) is 11.3 Å². The van der Waals surface area contributed by atoms with Crippen LogP contribution in [-0.4, -0.2) is 84.1 Å². The predicted octanol–water partition coefficient (Wildman–Crippen LogP) is 4.28. The SMILES string of the molecule is COc1nc(N2CCOCC2)nc(N[C@@H]2CCCN(C(=O)OC(C)(C)C)C2)c1-c1nc2cc(C#N)ccc2s1. The molecule has 2 aromatic heterocycles. The minimum Gasteiger partial charge on any atom is -0.480 e. The zero-order valence-corrected chi connectivity index (χ0v) is 23.5. The summed E-state index contributed by atoms with van der Waals surface area (Å²) in [5.41, 5.74) is 1.38. The Kier molecular flexibility index (Phi) is 7.72. The zero-order valence-electron chi connectivity index (χ0n) is 22.7. The van der Waals surface area contributed by atoms with Crippen LogP contribution in [0.1, 0.15) is 39.2 Å². The quantitative estimate of drug-likeness (QED) is 0.491. The van der Waals surface area contributed by atoms with Crippen molar-refractivity contribution in [3.8, 4) is 22.5 Å². The summed E-state index contributed by atoms with van der Waals surface area (Å²) < 4.78 is 17.9. The normalized spacial score (nSPS) is 18.1. The molecule has 39 heavy (non-hydrogen) atoms. The highest BCUT2D eigenvalue weighted by Gasteiger charge is 2.30. The van der Waals surface area contributed by atoms with E-state index in [-0.39, 0.29) is 12.1 Å². The summed E-state index contributed by atoms with van der Waals surface area (Å²) in [4.78, 5) is 31.2. The molecule has 1 N–H and O–H groups in total. The van der Waals surface area contributed by atoms with Crippen molar-refractivity contribution in [1.82, 2.24) is 19.9 Å². The van der Waals surface area contributed by atoms with E-state index < -0.39 is 5.60 Å². The topological polar surface area (TPSA) is 126 Å². The highest BCUT2D eigenvalue weighted by molar-refractivity contribution is 7.21. The standard InChI is InChI=1S/C27H33N7O4S/c1-27(2,3)38-26(35)34-9-5-6-18(16-34)29-22-21(24-30-19-14-17(15-28)7-8-20(19)39-24)23(36-4)32-25(31-22)33-10-12-37-13-11-33/h7-8,14,18H,5-6,9-13,16H2,1-4H3,(H,29,31,32)/t18-/m1/s1. The molecule has 206 valence electrons. The second kappa shape index (κ2) is 11.2. The molecule has 2 fully saturated rings. The third-order valence-corrected chi connectivity index (χ3v) is 7.55. The number of fused-ring (bicyclic) bond motifs is 1. The van der Waals surface area contributed by atoms with Gasteiger partial charge in [-0.2, -0.15) is 15.2 Å². The van der Waals surface area contributed by atoms with Crippen LogP contribution >= 0.6 is 11.3 Å². The maximum Gasteiger partial charge on any atom is 0.410 e. The van der Waals surface area contributed by atoms with Gasteiger partial charge in [0.2, 0.25) is 11.8 Å².